The van der Waals surface area contributed by atoms with Crippen molar-refractivity contribution in [3.05, 3.63) is 41.6 Å². The van der Waals surface area contributed by atoms with E-state index in [1.165, 1.54) is 13.3 Å². The Labute approximate surface area is 337 Å². The van der Waals surface area contributed by atoms with Gasteiger partial charge in [0.2, 0.25) is 28.3 Å². The van der Waals surface area contributed by atoms with Crippen molar-refractivity contribution in [1.82, 2.24) is 25.2 Å². The van der Waals surface area contributed by atoms with Crippen LogP contribution in [0.1, 0.15) is 72.6 Å². The lowest BCUT2D eigenvalue weighted by molar-refractivity contribution is -0.244. The monoisotopic (exact) mass is 859 g/mol. The van der Waals surface area contributed by atoms with E-state index in [-0.39, 0.29) is 49.0 Å². The Hall–Kier alpha value is -4.39. The molecule has 6 rings (SSSR count). The molecule has 4 amide bonds. The molecular formula is C38H46ClF4N5O9S. The summed E-state index contributed by atoms with van der Waals surface area (Å²) in [5.74, 6) is -3.86. The number of nitrogens with zero attached hydrogens (tertiary/aromatic N) is 2. The SMILES string of the molecule is COc1cc2ccnc(O[C@@H]3C[C@H]4C(=O)N[C@]5(C(=O)NS(=O)(=O)C6(F)CC6)C[C@H]5/C=C\CC[C@@H](C)C[C@@H](C)[C@H](NC(=O)OC(C)(C)C(F)(F)F)C(=O)N4C3)c2cc1Cl. The maximum absolute atomic E-state index is 14.8. The molecule has 4 aliphatic rings. The average molecular weight is 860 g/mol. The predicted octanol–water partition coefficient (Wildman–Crippen LogP) is 5.47. The van der Waals surface area contributed by atoms with Crippen LogP contribution in [0.3, 0.4) is 0 Å². The summed E-state index contributed by atoms with van der Waals surface area (Å²) in [7, 11) is -3.30. The highest BCUT2D eigenvalue weighted by Crippen LogP contribution is 2.48. The lowest BCUT2D eigenvalue weighted by Gasteiger charge is -2.34. The number of allylic oxidation sites excluding steroid dienone is 1. The van der Waals surface area contributed by atoms with Crippen molar-refractivity contribution < 1.29 is 59.4 Å². The molecule has 58 heavy (non-hydrogen) atoms. The van der Waals surface area contributed by atoms with Gasteiger partial charge in [-0.1, -0.05) is 37.6 Å². The topological polar surface area (TPSA) is 182 Å². The number of benzene rings is 1. The summed E-state index contributed by atoms with van der Waals surface area (Å²) >= 11 is 6.41. The molecule has 1 saturated heterocycles. The Morgan fingerprint density at radius 2 is 1.83 bits per heavy atom. The van der Waals surface area contributed by atoms with Gasteiger partial charge in [-0.3, -0.25) is 14.4 Å². The largest absolute Gasteiger partial charge is 0.495 e. The number of rotatable bonds is 8. The van der Waals surface area contributed by atoms with Crippen LogP contribution in [-0.4, -0.2) is 96.3 Å². The fraction of sp³-hybridized carbons (Fsp3) is 0.605. The number of methoxy groups -OCH3 is 1. The third-order valence-corrected chi connectivity index (χ3v) is 13.5. The molecule has 3 fully saturated rings. The Balaban J connectivity index is 1.36. The molecule has 0 radical (unpaired) electrons. The molecule has 1 aromatic heterocycles. The number of alkyl carbamates (subject to hydrolysis) is 1. The van der Waals surface area contributed by atoms with Gasteiger partial charge in [0, 0.05) is 36.8 Å². The molecule has 318 valence electrons. The number of amides is 4. The van der Waals surface area contributed by atoms with Gasteiger partial charge in [0.15, 0.2) is 0 Å². The summed E-state index contributed by atoms with van der Waals surface area (Å²) < 4.78 is 99.7. The van der Waals surface area contributed by atoms with Gasteiger partial charge in [-0.05, 0) is 75.0 Å². The first-order chi connectivity index (χ1) is 27.0. The van der Waals surface area contributed by atoms with Crippen LogP contribution in [0.5, 0.6) is 11.6 Å². The smallest absolute Gasteiger partial charge is 0.427 e. The molecule has 0 spiro atoms. The van der Waals surface area contributed by atoms with Gasteiger partial charge < -0.3 is 29.7 Å². The third kappa shape index (κ3) is 8.65. The van der Waals surface area contributed by atoms with Crippen LogP contribution in [0.2, 0.25) is 5.02 Å². The van der Waals surface area contributed by atoms with E-state index in [1.807, 2.05) is 11.6 Å². The summed E-state index contributed by atoms with van der Waals surface area (Å²) in [5.41, 5.74) is -4.74. The molecule has 1 aromatic carbocycles. The minimum Gasteiger partial charge on any atom is -0.495 e. The molecular weight excluding hydrogens is 814 g/mol. The van der Waals surface area contributed by atoms with Gasteiger partial charge in [-0.15, -0.1) is 0 Å². The van der Waals surface area contributed by atoms with E-state index in [4.69, 9.17) is 25.8 Å². The van der Waals surface area contributed by atoms with Gasteiger partial charge in [0.1, 0.15) is 29.5 Å². The number of fused-ring (bicyclic) bond motifs is 3. The quantitative estimate of drug-likeness (QED) is 0.227. The Kier molecular flexibility index (Phi) is 11.7. The predicted molar refractivity (Wildman–Crippen MR) is 202 cm³/mol. The van der Waals surface area contributed by atoms with Crippen LogP contribution >= 0.6 is 11.6 Å². The van der Waals surface area contributed by atoms with Crippen molar-refractivity contribution in [2.24, 2.45) is 17.8 Å². The van der Waals surface area contributed by atoms with Crippen LogP contribution in [0.25, 0.3) is 10.8 Å². The normalized spacial score (nSPS) is 29.4. The van der Waals surface area contributed by atoms with Crippen molar-refractivity contribution in [3.63, 3.8) is 0 Å². The number of alkyl halides is 4. The second-order valence-corrected chi connectivity index (χ2v) is 18.6. The Bertz CT molecular complexity index is 2120. The minimum atomic E-state index is -4.94. The molecule has 2 saturated carbocycles. The van der Waals surface area contributed by atoms with Gasteiger partial charge in [-0.2, -0.15) is 13.2 Å². The maximum Gasteiger partial charge on any atom is 0.427 e. The van der Waals surface area contributed by atoms with Crippen LogP contribution in [0, 0.1) is 17.8 Å². The molecule has 0 unspecified atom stereocenters. The molecule has 3 heterocycles. The molecule has 2 aromatic rings. The number of nitrogens with one attached hydrogen (secondary N) is 3. The standard InChI is InChI=1S/C38H46ClF4N5O9S/c1-20-8-6-7-9-23-18-37(23,33(51)47-58(53,54)36(40)11-12-36)46-30(49)27-16-24(56-31-25-17-26(39)28(55-5)15-22(25)10-13-44-31)19-48(27)32(50)29(21(2)14-20)45-34(52)57-35(3,4)38(41,42)43/h7,9-10,13,15,17,20-21,23-24,27,29H,6,8,11-12,14,16,18-19H2,1-5H3,(H,45,52)(H,46,49)(H,47,51)/b9-7-/t20-,21-,23-,24-,27+,29+,37-/m1/s1. The van der Waals surface area contributed by atoms with Gasteiger partial charge in [0.05, 0.1) is 18.7 Å². The maximum atomic E-state index is 14.8. The summed E-state index contributed by atoms with van der Waals surface area (Å²) in [4.78, 5) is 61.4. The molecule has 2 aliphatic carbocycles. The van der Waals surface area contributed by atoms with Crippen LogP contribution in [0.4, 0.5) is 22.4 Å². The minimum absolute atomic E-state index is 0.0295. The van der Waals surface area contributed by atoms with Crippen molar-refractivity contribution in [3.8, 4) is 11.6 Å². The molecule has 7 atom stereocenters. The van der Waals surface area contributed by atoms with E-state index in [0.717, 1.165) is 4.90 Å². The number of carbonyl (C=O) groups excluding carboxylic acids is 4. The molecule has 14 nitrogen and oxygen atoms in total. The summed E-state index contributed by atoms with van der Waals surface area (Å²) in [6.07, 6.45) is -1.95. The van der Waals surface area contributed by atoms with E-state index in [0.29, 0.717) is 49.6 Å². The number of ether oxygens (including phenoxy) is 3. The van der Waals surface area contributed by atoms with Crippen LogP contribution in [0.15, 0.2) is 36.5 Å². The number of sulfonamides is 1. The number of aromatic nitrogens is 1. The van der Waals surface area contributed by atoms with Crippen molar-refractivity contribution in [2.45, 2.75) is 113 Å². The van der Waals surface area contributed by atoms with Gasteiger partial charge in [-0.25, -0.2) is 27.3 Å². The summed E-state index contributed by atoms with van der Waals surface area (Å²) in [6, 6.07) is 2.01. The fourth-order valence-corrected chi connectivity index (χ4v) is 8.98. The number of carbonyl (C=O) groups is 4. The highest BCUT2D eigenvalue weighted by Gasteiger charge is 2.64. The molecule has 20 heteroatoms. The highest BCUT2D eigenvalue weighted by molar-refractivity contribution is 7.91. The van der Waals surface area contributed by atoms with Crippen molar-refractivity contribution in [2.75, 3.05) is 13.7 Å². The first-order valence-corrected chi connectivity index (χ1v) is 20.8. The average Bonchev–Trinajstić information content (AvgIpc) is 4.01. The van der Waals surface area contributed by atoms with E-state index in [1.54, 1.807) is 37.3 Å². The lowest BCUT2D eigenvalue weighted by Crippen LogP contribution is -2.59. The zero-order valence-corrected chi connectivity index (χ0v) is 34.0. The zero-order valence-electron chi connectivity index (χ0n) is 32.5. The summed E-state index contributed by atoms with van der Waals surface area (Å²) in [6.45, 7) is 4.58. The fourth-order valence-electron chi connectivity index (χ4n) is 7.49. The lowest BCUT2D eigenvalue weighted by atomic mass is 9.88. The number of halogens is 5. The number of hydrogen-bond donors (Lipinski definition) is 3. The van der Waals surface area contributed by atoms with Crippen LogP contribution in [-0.2, 0) is 29.1 Å². The van der Waals surface area contributed by atoms with Crippen molar-refractivity contribution >= 4 is 56.2 Å². The summed E-state index contributed by atoms with van der Waals surface area (Å²) in [5, 5.41) is 3.74. The number of pyridine rings is 1. The molecule has 2 aliphatic heterocycles. The third-order valence-electron chi connectivity index (χ3n) is 11.4. The van der Waals surface area contributed by atoms with Crippen molar-refractivity contribution in [1.29, 1.82) is 0 Å². The molecule has 0 bridgehead atoms. The van der Waals surface area contributed by atoms with E-state index >= 15 is 0 Å². The first-order valence-electron chi connectivity index (χ1n) is 18.9. The van der Waals surface area contributed by atoms with E-state index in [2.05, 4.69) is 15.6 Å². The second kappa shape index (κ2) is 15.7. The molecule has 3 N–H and O–H groups in total. The first kappa shape index (κ1) is 43.2. The number of hydrogen-bond acceptors (Lipinski definition) is 10. The van der Waals surface area contributed by atoms with Crippen LogP contribution < -0.4 is 24.8 Å². The highest BCUT2D eigenvalue weighted by atomic mass is 35.5. The zero-order chi connectivity index (χ0) is 42.6. The van der Waals surface area contributed by atoms with Gasteiger partial charge in [0.25, 0.3) is 15.9 Å². The van der Waals surface area contributed by atoms with E-state index < -0.39 is 86.2 Å². The Morgan fingerprint density at radius 1 is 1.12 bits per heavy atom. The Morgan fingerprint density at radius 3 is 2.48 bits per heavy atom. The van der Waals surface area contributed by atoms with E-state index in [9.17, 15) is 45.2 Å². The second-order valence-electron chi connectivity index (χ2n) is 16.2. The van der Waals surface area contributed by atoms with Gasteiger partial charge >= 0.3 is 12.3 Å².